The molecule has 1 saturated carbocycles. The Balaban J connectivity index is 1.44. The van der Waals surface area contributed by atoms with E-state index in [1.807, 2.05) is 4.90 Å². The second kappa shape index (κ2) is 8.78. The molecule has 7 nitrogen and oxygen atoms in total. The average Bonchev–Trinajstić information content (AvgIpc) is 3.57. The third-order valence-corrected chi connectivity index (χ3v) is 6.18. The Hall–Kier alpha value is -3.13. The maximum atomic E-state index is 14.3. The summed E-state index contributed by atoms with van der Waals surface area (Å²) >= 11 is 0. The molecule has 32 heavy (non-hydrogen) atoms. The van der Waals surface area contributed by atoms with Gasteiger partial charge in [-0.1, -0.05) is 19.1 Å². The van der Waals surface area contributed by atoms with E-state index in [0.29, 0.717) is 22.8 Å². The summed E-state index contributed by atoms with van der Waals surface area (Å²) in [5.74, 6) is 0.329. The van der Waals surface area contributed by atoms with Crippen molar-refractivity contribution in [3.8, 4) is 17.2 Å². The molecule has 0 radical (unpaired) electrons. The monoisotopic (exact) mass is 434 g/mol. The van der Waals surface area contributed by atoms with E-state index in [-0.39, 0.29) is 17.6 Å². The second-order valence-electron chi connectivity index (χ2n) is 8.49. The molecule has 2 aliphatic rings. The molecule has 0 spiro atoms. The van der Waals surface area contributed by atoms with Gasteiger partial charge in [-0.15, -0.1) is 0 Å². The van der Waals surface area contributed by atoms with Crippen LogP contribution >= 0.6 is 0 Å². The zero-order chi connectivity index (χ0) is 22.1. The van der Waals surface area contributed by atoms with E-state index in [4.69, 9.17) is 0 Å². The summed E-state index contributed by atoms with van der Waals surface area (Å²) in [7, 11) is 0. The molecule has 1 aliphatic carbocycles. The highest BCUT2D eigenvalue weighted by Crippen LogP contribution is 2.42. The number of carbonyl (C=O) groups excluding carboxylic acids is 1. The van der Waals surface area contributed by atoms with Crippen molar-refractivity contribution in [2.45, 2.75) is 32.1 Å². The fraction of sp³-hybridized carbons (Fsp3) is 0.417. The normalized spacial score (nSPS) is 17.0. The van der Waals surface area contributed by atoms with Crippen LogP contribution in [0.5, 0.6) is 0 Å². The standard InChI is InChI=1S/C24H27FN6O/c1-2-11-29-12-14-30(15-13-29)23(32)19-16-27-31(22(19)17-7-8-17)24-26-10-9-21(28-24)18-5-3-4-6-20(18)25/h3-6,9-10,16-17H,2,7-8,11-15H2,1H3. The Morgan fingerprint density at radius 3 is 2.62 bits per heavy atom. The summed E-state index contributed by atoms with van der Waals surface area (Å²) < 4.78 is 16.0. The van der Waals surface area contributed by atoms with Crippen LogP contribution in [0.1, 0.15) is 48.2 Å². The topological polar surface area (TPSA) is 67.2 Å². The first-order chi connectivity index (χ1) is 15.7. The first-order valence-corrected chi connectivity index (χ1v) is 11.3. The molecule has 0 bridgehead atoms. The van der Waals surface area contributed by atoms with Gasteiger partial charge in [-0.2, -0.15) is 5.10 Å². The maximum absolute atomic E-state index is 14.3. The highest BCUT2D eigenvalue weighted by atomic mass is 19.1. The number of hydrogen-bond donors (Lipinski definition) is 0. The minimum atomic E-state index is -0.335. The Kier molecular flexibility index (Phi) is 5.70. The van der Waals surface area contributed by atoms with Crippen molar-refractivity contribution >= 4 is 5.91 Å². The summed E-state index contributed by atoms with van der Waals surface area (Å²) in [6, 6.07) is 8.22. The van der Waals surface area contributed by atoms with E-state index in [1.165, 1.54) is 6.07 Å². The minimum Gasteiger partial charge on any atom is -0.336 e. The Morgan fingerprint density at radius 1 is 1.12 bits per heavy atom. The SMILES string of the molecule is CCCN1CCN(C(=O)c2cnn(-c3nccc(-c4ccccc4F)n3)c2C2CC2)CC1. The van der Waals surface area contributed by atoms with Gasteiger partial charge in [0.1, 0.15) is 5.82 Å². The molecule has 3 aromatic rings. The zero-order valence-corrected chi connectivity index (χ0v) is 18.2. The lowest BCUT2D eigenvalue weighted by molar-refractivity contribution is 0.0636. The number of hydrogen-bond acceptors (Lipinski definition) is 5. The van der Waals surface area contributed by atoms with Crippen LogP contribution in [0.15, 0.2) is 42.7 Å². The van der Waals surface area contributed by atoms with Crippen LogP contribution in [0.25, 0.3) is 17.2 Å². The first kappa shape index (κ1) is 20.8. The fourth-order valence-electron chi connectivity index (χ4n) is 4.36. The number of nitrogens with zero attached hydrogens (tertiary/aromatic N) is 6. The summed E-state index contributed by atoms with van der Waals surface area (Å²) in [5.41, 5.74) is 2.41. The van der Waals surface area contributed by atoms with Gasteiger partial charge in [0.2, 0.25) is 0 Å². The summed E-state index contributed by atoms with van der Waals surface area (Å²) in [5, 5.41) is 4.51. The quantitative estimate of drug-likeness (QED) is 0.594. The summed E-state index contributed by atoms with van der Waals surface area (Å²) in [6.07, 6.45) is 6.41. The van der Waals surface area contributed by atoms with Crippen LogP contribution in [0.4, 0.5) is 4.39 Å². The van der Waals surface area contributed by atoms with E-state index in [0.717, 1.165) is 57.7 Å². The molecule has 0 atom stereocenters. The lowest BCUT2D eigenvalue weighted by Crippen LogP contribution is -2.48. The van der Waals surface area contributed by atoms with Crippen LogP contribution in [-0.4, -0.2) is 68.2 Å². The molecule has 2 aromatic heterocycles. The molecule has 1 amide bonds. The van der Waals surface area contributed by atoms with E-state index >= 15 is 0 Å². The molecule has 0 unspecified atom stereocenters. The van der Waals surface area contributed by atoms with Crippen LogP contribution in [0.3, 0.4) is 0 Å². The molecule has 1 saturated heterocycles. The Labute approximate surface area is 186 Å². The average molecular weight is 435 g/mol. The van der Waals surface area contributed by atoms with Crippen LogP contribution in [0.2, 0.25) is 0 Å². The largest absolute Gasteiger partial charge is 0.336 e. The number of aromatic nitrogens is 4. The van der Waals surface area contributed by atoms with Gasteiger partial charge in [0.15, 0.2) is 0 Å². The minimum absolute atomic E-state index is 0.0274. The third-order valence-electron chi connectivity index (χ3n) is 6.18. The van der Waals surface area contributed by atoms with Crippen molar-refractivity contribution in [3.05, 3.63) is 59.8 Å². The van der Waals surface area contributed by atoms with Gasteiger partial charge in [-0.25, -0.2) is 19.0 Å². The fourth-order valence-corrected chi connectivity index (χ4v) is 4.36. The molecular weight excluding hydrogens is 407 g/mol. The number of piperazine rings is 1. The number of amides is 1. The predicted octanol–water partition coefficient (Wildman–Crippen LogP) is 3.51. The predicted molar refractivity (Wildman–Crippen MR) is 119 cm³/mol. The van der Waals surface area contributed by atoms with Crippen molar-refractivity contribution in [3.63, 3.8) is 0 Å². The number of rotatable bonds is 6. The highest BCUT2D eigenvalue weighted by Gasteiger charge is 2.35. The van der Waals surface area contributed by atoms with Gasteiger partial charge in [0.05, 0.1) is 23.1 Å². The molecule has 0 N–H and O–H groups in total. The molecule has 166 valence electrons. The van der Waals surface area contributed by atoms with Crippen molar-refractivity contribution in [1.82, 2.24) is 29.5 Å². The number of halogens is 1. The van der Waals surface area contributed by atoms with Crippen molar-refractivity contribution in [1.29, 1.82) is 0 Å². The smallest absolute Gasteiger partial charge is 0.257 e. The van der Waals surface area contributed by atoms with Gasteiger partial charge in [-0.3, -0.25) is 9.69 Å². The molecule has 8 heteroatoms. The molecule has 3 heterocycles. The van der Waals surface area contributed by atoms with Crippen LogP contribution < -0.4 is 0 Å². The number of carbonyl (C=O) groups is 1. The first-order valence-electron chi connectivity index (χ1n) is 11.3. The number of benzene rings is 1. The third kappa shape index (κ3) is 4.02. The van der Waals surface area contributed by atoms with E-state index in [9.17, 15) is 9.18 Å². The summed E-state index contributed by atoms with van der Waals surface area (Å²) in [6.45, 7) is 6.52. The van der Waals surface area contributed by atoms with Crippen molar-refractivity contribution in [2.24, 2.45) is 0 Å². The van der Waals surface area contributed by atoms with E-state index in [1.54, 1.807) is 41.3 Å². The lowest BCUT2D eigenvalue weighted by Gasteiger charge is -2.34. The van der Waals surface area contributed by atoms with Gasteiger partial charge in [0, 0.05) is 43.9 Å². The zero-order valence-electron chi connectivity index (χ0n) is 18.2. The molecule has 5 rings (SSSR count). The van der Waals surface area contributed by atoms with Gasteiger partial charge < -0.3 is 4.90 Å². The van der Waals surface area contributed by atoms with Crippen molar-refractivity contribution < 1.29 is 9.18 Å². The lowest BCUT2D eigenvalue weighted by atomic mass is 10.1. The van der Waals surface area contributed by atoms with Crippen LogP contribution in [-0.2, 0) is 0 Å². The molecule has 1 aromatic carbocycles. The molecule has 2 fully saturated rings. The van der Waals surface area contributed by atoms with Crippen molar-refractivity contribution in [2.75, 3.05) is 32.7 Å². The van der Waals surface area contributed by atoms with E-state index < -0.39 is 0 Å². The Bertz CT molecular complexity index is 1120. The van der Waals surface area contributed by atoms with E-state index in [2.05, 4.69) is 26.9 Å². The Morgan fingerprint density at radius 2 is 1.91 bits per heavy atom. The summed E-state index contributed by atoms with van der Waals surface area (Å²) in [4.78, 5) is 26.7. The van der Waals surface area contributed by atoms with Gasteiger partial charge in [0.25, 0.3) is 11.9 Å². The highest BCUT2D eigenvalue weighted by molar-refractivity contribution is 5.95. The maximum Gasteiger partial charge on any atom is 0.257 e. The second-order valence-corrected chi connectivity index (χ2v) is 8.49. The molecular formula is C24H27FN6O. The van der Waals surface area contributed by atoms with Gasteiger partial charge >= 0.3 is 0 Å². The van der Waals surface area contributed by atoms with Gasteiger partial charge in [-0.05, 0) is 44.0 Å². The molecule has 1 aliphatic heterocycles. The van der Waals surface area contributed by atoms with Crippen LogP contribution in [0, 0.1) is 5.82 Å².